The van der Waals surface area contributed by atoms with Gasteiger partial charge in [-0.05, 0) is 19.4 Å². The van der Waals surface area contributed by atoms with Gasteiger partial charge < -0.3 is 9.47 Å². The Kier molecular flexibility index (Phi) is 4.50. The van der Waals surface area contributed by atoms with Crippen LogP contribution in [0.1, 0.15) is 19.4 Å². The average molecular weight is 222 g/mol. The molecular formula is C13H18O3. The minimum atomic E-state index is -0.905. The Labute approximate surface area is 96.4 Å². The van der Waals surface area contributed by atoms with Gasteiger partial charge in [-0.25, -0.2) is 4.79 Å². The van der Waals surface area contributed by atoms with Gasteiger partial charge in [0.1, 0.15) is 0 Å². The maximum Gasteiger partial charge on any atom is 0.338 e. The topological polar surface area (TPSA) is 35.5 Å². The van der Waals surface area contributed by atoms with E-state index in [1.54, 1.807) is 13.8 Å². The normalized spacial score (nSPS) is 14.2. The first-order valence-corrected chi connectivity index (χ1v) is 5.38. The second-order valence-electron chi connectivity index (χ2n) is 3.82. The van der Waals surface area contributed by atoms with Gasteiger partial charge in [-0.2, -0.15) is 0 Å². The SMILES string of the molecule is CCOC(=O)C(C)(Cc1ccccc1)OC. The molecule has 0 amide bonds. The second kappa shape index (κ2) is 5.66. The number of hydrogen-bond donors (Lipinski definition) is 0. The van der Waals surface area contributed by atoms with Crippen molar-refractivity contribution in [3.05, 3.63) is 35.9 Å². The molecule has 1 aromatic rings. The fourth-order valence-electron chi connectivity index (χ4n) is 1.50. The predicted molar refractivity (Wildman–Crippen MR) is 62.2 cm³/mol. The number of carbonyl (C=O) groups is 1. The summed E-state index contributed by atoms with van der Waals surface area (Å²) in [6.45, 7) is 3.90. The van der Waals surface area contributed by atoms with Crippen molar-refractivity contribution >= 4 is 5.97 Å². The number of methoxy groups -OCH3 is 1. The van der Waals surface area contributed by atoms with E-state index in [4.69, 9.17) is 9.47 Å². The van der Waals surface area contributed by atoms with Crippen molar-refractivity contribution in [1.82, 2.24) is 0 Å². The van der Waals surface area contributed by atoms with Crippen LogP contribution in [0.3, 0.4) is 0 Å². The smallest absolute Gasteiger partial charge is 0.338 e. The molecule has 3 nitrogen and oxygen atoms in total. The lowest BCUT2D eigenvalue weighted by molar-refractivity contribution is -0.166. The van der Waals surface area contributed by atoms with Crippen LogP contribution in [0.5, 0.6) is 0 Å². The molecule has 0 spiro atoms. The number of hydrogen-bond acceptors (Lipinski definition) is 3. The van der Waals surface area contributed by atoms with Gasteiger partial charge in [0, 0.05) is 13.5 Å². The summed E-state index contributed by atoms with van der Waals surface area (Å²) in [4.78, 5) is 11.8. The maximum atomic E-state index is 11.8. The van der Waals surface area contributed by atoms with Gasteiger partial charge in [0.2, 0.25) is 0 Å². The lowest BCUT2D eigenvalue weighted by Crippen LogP contribution is -2.41. The molecule has 1 aromatic carbocycles. The highest BCUT2D eigenvalue weighted by Gasteiger charge is 2.34. The summed E-state index contributed by atoms with van der Waals surface area (Å²) in [5, 5.41) is 0. The fourth-order valence-corrected chi connectivity index (χ4v) is 1.50. The predicted octanol–water partition coefficient (Wildman–Crippen LogP) is 2.20. The molecule has 16 heavy (non-hydrogen) atoms. The Morgan fingerprint density at radius 1 is 1.31 bits per heavy atom. The summed E-state index contributed by atoms with van der Waals surface area (Å²) in [5.74, 6) is -0.318. The molecule has 0 saturated carbocycles. The van der Waals surface area contributed by atoms with Crippen molar-refractivity contribution < 1.29 is 14.3 Å². The first-order valence-electron chi connectivity index (χ1n) is 5.38. The van der Waals surface area contributed by atoms with Crippen molar-refractivity contribution in [3.8, 4) is 0 Å². The van der Waals surface area contributed by atoms with E-state index in [-0.39, 0.29) is 5.97 Å². The van der Waals surface area contributed by atoms with Crippen LogP contribution in [-0.4, -0.2) is 25.3 Å². The molecule has 88 valence electrons. The van der Waals surface area contributed by atoms with Gasteiger partial charge in [0.15, 0.2) is 5.60 Å². The van der Waals surface area contributed by atoms with E-state index in [1.165, 1.54) is 7.11 Å². The van der Waals surface area contributed by atoms with Gasteiger partial charge in [0.25, 0.3) is 0 Å². The monoisotopic (exact) mass is 222 g/mol. The van der Waals surface area contributed by atoms with Crippen molar-refractivity contribution in [2.75, 3.05) is 13.7 Å². The Balaban J connectivity index is 2.78. The summed E-state index contributed by atoms with van der Waals surface area (Å²) in [6.07, 6.45) is 0.517. The molecule has 0 aliphatic carbocycles. The molecule has 0 fully saturated rings. The van der Waals surface area contributed by atoms with E-state index in [0.29, 0.717) is 13.0 Å². The van der Waals surface area contributed by atoms with Gasteiger partial charge >= 0.3 is 5.97 Å². The minimum absolute atomic E-state index is 0.318. The summed E-state index contributed by atoms with van der Waals surface area (Å²) in [6, 6.07) is 9.76. The van der Waals surface area contributed by atoms with Crippen molar-refractivity contribution in [1.29, 1.82) is 0 Å². The van der Waals surface area contributed by atoms with Gasteiger partial charge in [-0.15, -0.1) is 0 Å². The van der Waals surface area contributed by atoms with Crippen molar-refractivity contribution in [2.24, 2.45) is 0 Å². The highest BCUT2D eigenvalue weighted by Crippen LogP contribution is 2.18. The van der Waals surface area contributed by atoms with E-state index in [0.717, 1.165) is 5.56 Å². The zero-order valence-corrected chi connectivity index (χ0v) is 10.0. The van der Waals surface area contributed by atoms with Crippen molar-refractivity contribution in [2.45, 2.75) is 25.9 Å². The molecule has 0 heterocycles. The molecular weight excluding hydrogens is 204 g/mol. The minimum Gasteiger partial charge on any atom is -0.464 e. The molecule has 0 saturated heterocycles. The molecule has 0 N–H and O–H groups in total. The first kappa shape index (κ1) is 12.7. The van der Waals surface area contributed by atoms with Crippen LogP contribution in [0.25, 0.3) is 0 Å². The molecule has 1 rings (SSSR count). The van der Waals surface area contributed by atoms with Gasteiger partial charge in [-0.1, -0.05) is 30.3 Å². The van der Waals surface area contributed by atoms with Gasteiger partial charge in [0.05, 0.1) is 6.61 Å². The van der Waals surface area contributed by atoms with E-state index in [9.17, 15) is 4.79 Å². The zero-order chi connectivity index (χ0) is 12.0. The third-order valence-corrected chi connectivity index (χ3v) is 2.54. The number of carbonyl (C=O) groups excluding carboxylic acids is 1. The number of ether oxygens (including phenoxy) is 2. The van der Waals surface area contributed by atoms with Crippen LogP contribution in [-0.2, 0) is 20.7 Å². The number of rotatable bonds is 5. The van der Waals surface area contributed by atoms with Crippen LogP contribution in [0, 0.1) is 0 Å². The Bertz CT molecular complexity index is 334. The lowest BCUT2D eigenvalue weighted by atomic mass is 9.96. The molecule has 0 aromatic heterocycles. The highest BCUT2D eigenvalue weighted by atomic mass is 16.6. The molecule has 1 unspecified atom stereocenters. The summed E-state index contributed by atoms with van der Waals surface area (Å²) in [5.41, 5.74) is 0.150. The lowest BCUT2D eigenvalue weighted by Gasteiger charge is -2.25. The summed E-state index contributed by atoms with van der Waals surface area (Å²) >= 11 is 0. The zero-order valence-electron chi connectivity index (χ0n) is 10.0. The summed E-state index contributed by atoms with van der Waals surface area (Å²) in [7, 11) is 1.53. The van der Waals surface area contributed by atoms with Crippen LogP contribution in [0.15, 0.2) is 30.3 Å². The maximum absolute atomic E-state index is 11.8. The standard InChI is InChI=1S/C13H18O3/c1-4-16-12(14)13(2,15-3)10-11-8-6-5-7-9-11/h5-9H,4,10H2,1-3H3. The van der Waals surface area contributed by atoms with E-state index < -0.39 is 5.60 Å². The first-order chi connectivity index (χ1) is 7.62. The van der Waals surface area contributed by atoms with Gasteiger partial charge in [-0.3, -0.25) is 0 Å². The van der Waals surface area contributed by atoms with E-state index in [1.807, 2.05) is 30.3 Å². The van der Waals surface area contributed by atoms with E-state index >= 15 is 0 Å². The average Bonchev–Trinajstić information content (AvgIpc) is 2.30. The molecule has 0 aliphatic heterocycles. The summed E-state index contributed by atoms with van der Waals surface area (Å²) < 4.78 is 10.3. The molecule has 0 radical (unpaired) electrons. The van der Waals surface area contributed by atoms with E-state index in [2.05, 4.69) is 0 Å². The molecule has 0 bridgehead atoms. The molecule has 0 aliphatic rings. The van der Waals surface area contributed by atoms with Crippen LogP contribution < -0.4 is 0 Å². The van der Waals surface area contributed by atoms with Crippen LogP contribution in [0.2, 0.25) is 0 Å². The third kappa shape index (κ3) is 3.07. The Hall–Kier alpha value is -1.35. The highest BCUT2D eigenvalue weighted by molar-refractivity contribution is 5.79. The Morgan fingerprint density at radius 2 is 1.94 bits per heavy atom. The Morgan fingerprint density at radius 3 is 2.44 bits per heavy atom. The van der Waals surface area contributed by atoms with Crippen LogP contribution in [0.4, 0.5) is 0 Å². The third-order valence-electron chi connectivity index (χ3n) is 2.54. The van der Waals surface area contributed by atoms with Crippen LogP contribution >= 0.6 is 0 Å². The number of benzene rings is 1. The second-order valence-corrected chi connectivity index (χ2v) is 3.82. The fraction of sp³-hybridized carbons (Fsp3) is 0.462. The number of esters is 1. The largest absolute Gasteiger partial charge is 0.464 e. The van der Waals surface area contributed by atoms with Crippen molar-refractivity contribution in [3.63, 3.8) is 0 Å². The molecule has 3 heteroatoms. The molecule has 1 atom stereocenters. The quantitative estimate of drug-likeness (QED) is 0.716.